The number of carbonyl (C=O) groups excluding carboxylic acids is 1. The Morgan fingerprint density at radius 1 is 1.22 bits per heavy atom. The number of likely N-dealkylation sites (tertiary alicyclic amines) is 1. The van der Waals surface area contributed by atoms with E-state index in [0.717, 1.165) is 5.56 Å². The van der Waals surface area contributed by atoms with Gasteiger partial charge in [0.1, 0.15) is 5.82 Å². The predicted molar refractivity (Wildman–Crippen MR) is 122 cm³/mol. The van der Waals surface area contributed by atoms with Crippen LogP contribution in [0.25, 0.3) is 10.9 Å². The second kappa shape index (κ2) is 9.96. The number of benzene rings is 2. The van der Waals surface area contributed by atoms with Crippen molar-refractivity contribution in [2.75, 3.05) is 13.1 Å². The van der Waals surface area contributed by atoms with Gasteiger partial charge in [-0.25, -0.2) is 13.2 Å². The number of aromatic amines is 1. The van der Waals surface area contributed by atoms with Crippen molar-refractivity contribution < 1.29 is 18.0 Å². The molecule has 1 amide bonds. The highest BCUT2D eigenvalue weighted by molar-refractivity contribution is 6.09. The van der Waals surface area contributed by atoms with Crippen LogP contribution in [0.15, 0.2) is 36.4 Å². The molecule has 32 heavy (non-hydrogen) atoms. The molecule has 1 aliphatic heterocycles. The zero-order valence-electron chi connectivity index (χ0n) is 17.8. The molecule has 0 atom stereocenters. The molecule has 2 heterocycles. The van der Waals surface area contributed by atoms with E-state index in [1.54, 1.807) is 23.1 Å². The van der Waals surface area contributed by atoms with Gasteiger partial charge in [0.2, 0.25) is 0 Å². The van der Waals surface area contributed by atoms with Crippen LogP contribution in [0.5, 0.6) is 0 Å². The SMILES string of the molecule is CCc1[nH]c2c(C(F)F)cccc2c1C(=O)N1CCC(c2cc(CN)ccc2F)CC1.Cl. The quantitative estimate of drug-likeness (QED) is 0.507. The lowest BCUT2D eigenvalue weighted by Gasteiger charge is -2.32. The van der Waals surface area contributed by atoms with Crippen molar-refractivity contribution in [1.82, 2.24) is 9.88 Å². The van der Waals surface area contributed by atoms with Crippen molar-refractivity contribution in [2.24, 2.45) is 5.73 Å². The van der Waals surface area contributed by atoms with Crippen LogP contribution < -0.4 is 5.73 Å². The minimum Gasteiger partial charge on any atom is -0.357 e. The minimum atomic E-state index is -2.62. The number of rotatable bonds is 5. The Bertz CT molecular complexity index is 1110. The Morgan fingerprint density at radius 2 is 1.94 bits per heavy atom. The average molecular weight is 466 g/mol. The van der Waals surface area contributed by atoms with Crippen LogP contribution in [0.2, 0.25) is 0 Å². The maximum Gasteiger partial charge on any atom is 0.265 e. The van der Waals surface area contributed by atoms with Gasteiger partial charge >= 0.3 is 0 Å². The molecule has 1 aromatic heterocycles. The highest BCUT2D eigenvalue weighted by Crippen LogP contribution is 2.34. The molecular weight excluding hydrogens is 439 g/mol. The summed E-state index contributed by atoms with van der Waals surface area (Å²) in [7, 11) is 0. The summed E-state index contributed by atoms with van der Waals surface area (Å²) in [6.45, 7) is 3.22. The largest absolute Gasteiger partial charge is 0.357 e. The number of fused-ring (bicyclic) bond motifs is 1. The molecule has 3 aromatic rings. The molecule has 2 aromatic carbocycles. The lowest BCUT2D eigenvalue weighted by Crippen LogP contribution is -2.38. The second-order valence-corrected chi connectivity index (χ2v) is 8.03. The second-order valence-electron chi connectivity index (χ2n) is 8.03. The van der Waals surface area contributed by atoms with Gasteiger partial charge in [-0.2, -0.15) is 0 Å². The number of para-hydroxylation sites is 1. The number of aryl methyl sites for hydroxylation is 1. The van der Waals surface area contributed by atoms with E-state index in [4.69, 9.17) is 5.73 Å². The van der Waals surface area contributed by atoms with Gasteiger partial charge < -0.3 is 15.6 Å². The van der Waals surface area contributed by atoms with Gasteiger partial charge in [-0.1, -0.05) is 37.3 Å². The summed E-state index contributed by atoms with van der Waals surface area (Å²) in [6, 6.07) is 9.62. The first kappa shape index (κ1) is 24.1. The van der Waals surface area contributed by atoms with E-state index >= 15 is 0 Å². The number of aromatic nitrogens is 1. The third-order valence-corrected chi connectivity index (χ3v) is 6.26. The van der Waals surface area contributed by atoms with E-state index in [2.05, 4.69) is 4.98 Å². The highest BCUT2D eigenvalue weighted by Gasteiger charge is 2.29. The first-order valence-electron chi connectivity index (χ1n) is 10.6. The molecule has 0 radical (unpaired) electrons. The van der Waals surface area contributed by atoms with Crippen LogP contribution in [-0.4, -0.2) is 28.9 Å². The molecule has 1 aliphatic rings. The third-order valence-electron chi connectivity index (χ3n) is 6.26. The Morgan fingerprint density at radius 3 is 2.56 bits per heavy atom. The first-order chi connectivity index (χ1) is 14.9. The fourth-order valence-corrected chi connectivity index (χ4v) is 4.57. The number of hydrogen-bond donors (Lipinski definition) is 2. The van der Waals surface area contributed by atoms with E-state index in [1.165, 1.54) is 12.1 Å². The fraction of sp³-hybridized carbons (Fsp3) is 0.375. The van der Waals surface area contributed by atoms with Crippen molar-refractivity contribution in [3.05, 3.63) is 70.2 Å². The van der Waals surface area contributed by atoms with Crippen molar-refractivity contribution in [2.45, 2.75) is 45.1 Å². The number of alkyl halides is 2. The summed E-state index contributed by atoms with van der Waals surface area (Å²) in [5, 5.41) is 0.531. The van der Waals surface area contributed by atoms with Crippen molar-refractivity contribution in [3.63, 3.8) is 0 Å². The van der Waals surface area contributed by atoms with Crippen molar-refractivity contribution in [1.29, 1.82) is 0 Å². The number of hydrogen-bond acceptors (Lipinski definition) is 2. The van der Waals surface area contributed by atoms with Crippen LogP contribution in [0.3, 0.4) is 0 Å². The molecule has 0 bridgehead atoms. The number of nitrogens with two attached hydrogens (primary N) is 1. The van der Waals surface area contributed by atoms with E-state index in [-0.39, 0.29) is 35.6 Å². The number of nitrogens with zero attached hydrogens (tertiary/aromatic N) is 1. The van der Waals surface area contributed by atoms with Gasteiger partial charge in [0, 0.05) is 36.3 Å². The van der Waals surface area contributed by atoms with Gasteiger partial charge in [0.05, 0.1) is 11.1 Å². The smallest absolute Gasteiger partial charge is 0.265 e. The van der Waals surface area contributed by atoms with E-state index < -0.39 is 6.43 Å². The lowest BCUT2D eigenvalue weighted by molar-refractivity contribution is 0.0713. The summed E-state index contributed by atoms with van der Waals surface area (Å²) in [5.74, 6) is -0.384. The number of H-pyrrole nitrogens is 1. The van der Waals surface area contributed by atoms with E-state index in [1.807, 2.05) is 13.0 Å². The maximum absolute atomic E-state index is 14.4. The summed E-state index contributed by atoms with van der Waals surface area (Å²) >= 11 is 0. The van der Waals surface area contributed by atoms with Crippen LogP contribution in [0, 0.1) is 5.82 Å². The summed E-state index contributed by atoms with van der Waals surface area (Å²) in [4.78, 5) is 18.2. The molecule has 1 saturated heterocycles. The molecule has 0 saturated carbocycles. The fourth-order valence-electron chi connectivity index (χ4n) is 4.57. The minimum absolute atomic E-state index is 0. The van der Waals surface area contributed by atoms with Gasteiger partial charge in [0.15, 0.2) is 0 Å². The third kappa shape index (κ3) is 4.36. The molecule has 8 heteroatoms. The Kier molecular flexibility index (Phi) is 7.51. The molecule has 1 fully saturated rings. The molecule has 0 unspecified atom stereocenters. The molecule has 0 spiro atoms. The lowest BCUT2D eigenvalue weighted by atomic mass is 9.88. The van der Waals surface area contributed by atoms with Crippen LogP contribution in [-0.2, 0) is 13.0 Å². The Balaban J connectivity index is 0.00000289. The van der Waals surface area contributed by atoms with Gasteiger partial charge in [0.25, 0.3) is 12.3 Å². The molecule has 4 nitrogen and oxygen atoms in total. The number of nitrogens with one attached hydrogen (secondary N) is 1. The standard InChI is InChI=1S/C24H26F3N3O.ClH/c1-2-20-21(16-4-3-5-17(23(26)27)22(16)29-20)24(31)30-10-8-15(9-11-30)18-12-14(13-28)6-7-19(18)25;/h3-7,12,15,23,29H,2,8-11,13,28H2,1H3;1H. The normalized spacial score (nSPS) is 14.8. The number of carbonyl (C=O) groups is 1. The average Bonchev–Trinajstić information content (AvgIpc) is 3.17. The summed E-state index contributed by atoms with van der Waals surface area (Å²) < 4.78 is 41.2. The van der Waals surface area contributed by atoms with Gasteiger partial charge in [-0.15, -0.1) is 12.4 Å². The maximum atomic E-state index is 14.4. The first-order valence-corrected chi connectivity index (χ1v) is 10.6. The highest BCUT2D eigenvalue weighted by atomic mass is 35.5. The number of amides is 1. The molecule has 4 rings (SSSR count). The van der Waals surface area contributed by atoms with E-state index in [9.17, 15) is 18.0 Å². The van der Waals surface area contributed by atoms with Crippen molar-refractivity contribution >= 4 is 29.2 Å². The van der Waals surface area contributed by atoms with Gasteiger partial charge in [-0.05, 0) is 42.4 Å². The molecule has 172 valence electrons. The Labute approximate surface area is 191 Å². The van der Waals surface area contributed by atoms with E-state index in [0.29, 0.717) is 66.6 Å². The zero-order chi connectivity index (χ0) is 22.1. The topological polar surface area (TPSA) is 62.1 Å². The molecular formula is C24H27ClF3N3O. The predicted octanol–water partition coefficient (Wildman–Crippen LogP) is 5.71. The van der Waals surface area contributed by atoms with Crippen LogP contribution in [0.1, 0.15) is 64.9 Å². The zero-order valence-corrected chi connectivity index (χ0v) is 18.7. The van der Waals surface area contributed by atoms with Crippen LogP contribution >= 0.6 is 12.4 Å². The molecule has 0 aliphatic carbocycles. The Hall–Kier alpha value is -2.51. The summed E-state index contributed by atoms with van der Waals surface area (Å²) in [6.07, 6.45) is -0.803. The molecule has 3 N–H and O–H groups in total. The number of piperidine rings is 1. The monoisotopic (exact) mass is 465 g/mol. The summed E-state index contributed by atoms with van der Waals surface area (Å²) in [5.41, 5.74) is 8.59. The van der Waals surface area contributed by atoms with Crippen molar-refractivity contribution in [3.8, 4) is 0 Å². The number of halogens is 4. The van der Waals surface area contributed by atoms with Gasteiger partial charge in [-0.3, -0.25) is 4.79 Å². The van der Waals surface area contributed by atoms with Crippen LogP contribution in [0.4, 0.5) is 13.2 Å².